The van der Waals surface area contributed by atoms with E-state index < -0.39 is 0 Å². The highest BCUT2D eigenvalue weighted by molar-refractivity contribution is 9.10. The van der Waals surface area contributed by atoms with Crippen molar-refractivity contribution in [1.82, 2.24) is 20.2 Å². The van der Waals surface area contributed by atoms with Crippen LogP contribution >= 0.6 is 27.7 Å². The van der Waals surface area contributed by atoms with Gasteiger partial charge in [0.05, 0.1) is 19.1 Å². The van der Waals surface area contributed by atoms with E-state index in [1.54, 1.807) is 19.4 Å². The first-order valence-electron chi connectivity index (χ1n) is 12.7. The molecule has 0 aliphatic heterocycles. The molecular weight excluding hydrogens is 602 g/mol. The maximum atomic E-state index is 12.6. The molecule has 0 aliphatic carbocycles. The van der Waals surface area contributed by atoms with E-state index in [9.17, 15) is 4.79 Å². The van der Waals surface area contributed by atoms with E-state index in [0.717, 1.165) is 26.9 Å². The normalized spacial score (nSPS) is 11.0. The molecule has 0 spiro atoms. The van der Waals surface area contributed by atoms with Crippen LogP contribution in [0.5, 0.6) is 11.5 Å². The van der Waals surface area contributed by atoms with Crippen molar-refractivity contribution in [2.75, 3.05) is 12.9 Å². The Kier molecular flexibility index (Phi) is 9.45. The number of hydrazone groups is 1. The van der Waals surface area contributed by atoms with Gasteiger partial charge in [0.1, 0.15) is 6.61 Å². The third-order valence-electron chi connectivity index (χ3n) is 5.91. The SMILES string of the molecule is COc1cc(/C=N\NC(=O)CSc2nnc(-c3ccc(Br)cc3)n2-c2ccccc2)ccc1OCc1ccccc1. The maximum absolute atomic E-state index is 12.6. The summed E-state index contributed by atoms with van der Waals surface area (Å²) in [5, 5.41) is 13.5. The number of hydrogen-bond donors (Lipinski definition) is 1. The van der Waals surface area contributed by atoms with Gasteiger partial charge in [0.2, 0.25) is 0 Å². The highest BCUT2D eigenvalue weighted by Gasteiger charge is 2.17. The molecule has 0 radical (unpaired) electrons. The molecule has 1 N–H and O–H groups in total. The number of nitrogens with one attached hydrogen (secondary N) is 1. The average Bonchev–Trinajstić information content (AvgIpc) is 3.44. The van der Waals surface area contributed by atoms with E-state index in [0.29, 0.717) is 29.1 Å². The van der Waals surface area contributed by atoms with Crippen molar-refractivity contribution >= 4 is 39.8 Å². The number of carbonyl (C=O) groups excluding carboxylic acids is 1. The summed E-state index contributed by atoms with van der Waals surface area (Å²) in [7, 11) is 1.58. The Morgan fingerprint density at radius 2 is 1.68 bits per heavy atom. The molecule has 0 aliphatic rings. The number of nitrogens with zero attached hydrogens (tertiary/aromatic N) is 4. The van der Waals surface area contributed by atoms with Crippen molar-refractivity contribution in [3.05, 3.63) is 119 Å². The van der Waals surface area contributed by atoms with Crippen LogP contribution in [0.3, 0.4) is 0 Å². The van der Waals surface area contributed by atoms with Crippen molar-refractivity contribution in [2.24, 2.45) is 5.10 Å². The topological polar surface area (TPSA) is 90.6 Å². The van der Waals surface area contributed by atoms with Crippen LogP contribution in [-0.2, 0) is 11.4 Å². The average molecular weight is 629 g/mol. The van der Waals surface area contributed by atoms with E-state index in [1.165, 1.54) is 11.8 Å². The first kappa shape index (κ1) is 28.1. The lowest BCUT2D eigenvalue weighted by Gasteiger charge is -2.11. The summed E-state index contributed by atoms with van der Waals surface area (Å²) < 4.78 is 14.3. The van der Waals surface area contributed by atoms with Crippen molar-refractivity contribution in [1.29, 1.82) is 0 Å². The molecule has 0 fully saturated rings. The number of halogens is 1. The number of hydrogen-bond acceptors (Lipinski definition) is 7. The van der Waals surface area contributed by atoms with Gasteiger partial charge in [-0.2, -0.15) is 5.10 Å². The summed E-state index contributed by atoms with van der Waals surface area (Å²) in [5.74, 6) is 1.73. The molecule has 0 atom stereocenters. The minimum Gasteiger partial charge on any atom is -0.493 e. The Bertz CT molecular complexity index is 1630. The molecule has 0 saturated carbocycles. The number of thioether (sulfide) groups is 1. The number of amides is 1. The van der Waals surface area contributed by atoms with Gasteiger partial charge in [0, 0.05) is 15.7 Å². The Labute approximate surface area is 250 Å². The fourth-order valence-electron chi connectivity index (χ4n) is 3.92. The standard InChI is InChI=1S/C31H26BrN5O3S/c1-39-28-18-23(12-17-27(28)40-20-22-8-4-2-5-9-22)19-33-34-29(38)21-41-31-36-35-30(24-13-15-25(32)16-14-24)37(31)26-10-6-3-7-11-26/h2-19H,20-21H2,1H3,(H,34,38)/b33-19-. The van der Waals surface area contributed by atoms with Crippen LogP contribution in [0, 0.1) is 0 Å². The second kappa shape index (κ2) is 13.8. The van der Waals surface area contributed by atoms with Crippen molar-refractivity contribution < 1.29 is 14.3 Å². The lowest BCUT2D eigenvalue weighted by Crippen LogP contribution is -2.20. The third-order valence-corrected chi connectivity index (χ3v) is 7.37. The Morgan fingerprint density at radius 3 is 2.41 bits per heavy atom. The predicted molar refractivity (Wildman–Crippen MR) is 165 cm³/mol. The van der Waals surface area contributed by atoms with Gasteiger partial charge in [-0.15, -0.1) is 10.2 Å². The Balaban J connectivity index is 1.21. The number of ether oxygens (including phenoxy) is 2. The lowest BCUT2D eigenvalue weighted by molar-refractivity contribution is -0.118. The summed E-state index contributed by atoms with van der Waals surface area (Å²) in [5.41, 5.74) is 6.21. The molecule has 4 aromatic carbocycles. The zero-order valence-electron chi connectivity index (χ0n) is 22.1. The number of methoxy groups -OCH3 is 1. The van der Waals surface area contributed by atoms with E-state index in [-0.39, 0.29) is 11.7 Å². The van der Waals surface area contributed by atoms with Crippen LogP contribution in [0.25, 0.3) is 17.1 Å². The molecule has 5 aromatic rings. The van der Waals surface area contributed by atoms with Gasteiger partial charge < -0.3 is 9.47 Å². The number of carbonyl (C=O) groups is 1. The minimum absolute atomic E-state index is 0.109. The predicted octanol–water partition coefficient (Wildman–Crippen LogP) is 6.53. The zero-order chi connectivity index (χ0) is 28.4. The molecule has 206 valence electrons. The van der Waals surface area contributed by atoms with Crippen molar-refractivity contribution in [3.8, 4) is 28.6 Å². The van der Waals surface area contributed by atoms with Crippen LogP contribution in [-0.4, -0.2) is 39.7 Å². The summed E-state index contributed by atoms with van der Waals surface area (Å²) in [6, 6.07) is 33.0. The minimum atomic E-state index is -0.270. The molecule has 10 heteroatoms. The largest absolute Gasteiger partial charge is 0.493 e. The van der Waals surface area contributed by atoms with E-state index >= 15 is 0 Å². The first-order chi connectivity index (χ1) is 20.1. The molecule has 0 bridgehead atoms. The van der Waals surface area contributed by atoms with Crippen molar-refractivity contribution in [3.63, 3.8) is 0 Å². The maximum Gasteiger partial charge on any atom is 0.250 e. The van der Waals surface area contributed by atoms with Gasteiger partial charge in [0.15, 0.2) is 22.5 Å². The fourth-order valence-corrected chi connectivity index (χ4v) is 4.93. The highest BCUT2D eigenvalue weighted by atomic mass is 79.9. The molecule has 5 rings (SSSR count). The zero-order valence-corrected chi connectivity index (χ0v) is 24.5. The molecule has 0 saturated heterocycles. The van der Waals surface area contributed by atoms with Crippen LogP contribution in [0.2, 0.25) is 0 Å². The van der Waals surface area contributed by atoms with Gasteiger partial charge in [-0.1, -0.05) is 88.4 Å². The van der Waals surface area contributed by atoms with Crippen molar-refractivity contribution in [2.45, 2.75) is 11.8 Å². The summed E-state index contributed by atoms with van der Waals surface area (Å²) in [6.07, 6.45) is 1.56. The van der Waals surface area contributed by atoms with Gasteiger partial charge >= 0.3 is 0 Å². The Morgan fingerprint density at radius 1 is 0.951 bits per heavy atom. The highest BCUT2D eigenvalue weighted by Crippen LogP contribution is 2.30. The van der Waals surface area contributed by atoms with Crippen LogP contribution in [0.1, 0.15) is 11.1 Å². The number of aromatic nitrogens is 3. The Hall–Kier alpha value is -4.41. The quantitative estimate of drug-likeness (QED) is 0.102. The molecule has 41 heavy (non-hydrogen) atoms. The summed E-state index contributed by atoms with van der Waals surface area (Å²) >= 11 is 4.76. The van der Waals surface area contributed by atoms with E-state index in [4.69, 9.17) is 9.47 Å². The fraction of sp³-hybridized carbons (Fsp3) is 0.0968. The third kappa shape index (κ3) is 7.41. The summed E-state index contributed by atoms with van der Waals surface area (Å²) in [4.78, 5) is 12.6. The molecule has 1 heterocycles. The number of para-hydroxylation sites is 1. The van der Waals surface area contributed by atoms with Gasteiger partial charge in [0.25, 0.3) is 5.91 Å². The van der Waals surface area contributed by atoms with E-state index in [1.807, 2.05) is 102 Å². The van der Waals surface area contributed by atoms with E-state index in [2.05, 4.69) is 36.7 Å². The van der Waals surface area contributed by atoms with Gasteiger partial charge in [-0.3, -0.25) is 9.36 Å². The monoisotopic (exact) mass is 627 g/mol. The molecule has 0 unspecified atom stereocenters. The second-order valence-electron chi connectivity index (χ2n) is 8.75. The van der Waals surface area contributed by atoms with Crippen LogP contribution < -0.4 is 14.9 Å². The van der Waals surface area contributed by atoms with Gasteiger partial charge in [-0.05, 0) is 53.6 Å². The summed E-state index contributed by atoms with van der Waals surface area (Å²) in [6.45, 7) is 0.432. The first-order valence-corrected chi connectivity index (χ1v) is 14.4. The lowest BCUT2D eigenvalue weighted by atomic mass is 10.2. The molecular formula is C31H26BrN5O3S. The number of benzene rings is 4. The van der Waals surface area contributed by atoms with Gasteiger partial charge in [-0.25, -0.2) is 5.43 Å². The smallest absolute Gasteiger partial charge is 0.250 e. The number of rotatable bonds is 11. The molecule has 1 amide bonds. The second-order valence-corrected chi connectivity index (χ2v) is 10.6. The molecule has 8 nitrogen and oxygen atoms in total. The van der Waals surface area contributed by atoms with Crippen LogP contribution in [0.15, 0.2) is 118 Å². The molecule has 1 aromatic heterocycles. The van der Waals surface area contributed by atoms with Crippen LogP contribution in [0.4, 0.5) is 0 Å².